The van der Waals surface area contributed by atoms with E-state index >= 15 is 0 Å². The lowest BCUT2D eigenvalue weighted by atomic mass is 10.1. The van der Waals surface area contributed by atoms with Crippen molar-refractivity contribution in [2.45, 2.75) is 12.8 Å². The van der Waals surface area contributed by atoms with Gasteiger partial charge in [0, 0.05) is 39.0 Å². The average Bonchev–Trinajstić information content (AvgIpc) is 2.99. The standard InChI is InChI=1S/C18H21N3O5/c1-26-14-5-3-2-4-13(14)18(25)20-10-8-19(9-11-20)17(24)12-21-15(22)6-7-16(21)23/h2-5H,6-12H2,1H3. The van der Waals surface area contributed by atoms with Gasteiger partial charge in [0.05, 0.1) is 12.7 Å². The maximum absolute atomic E-state index is 12.7. The van der Waals surface area contributed by atoms with Gasteiger partial charge in [0.2, 0.25) is 17.7 Å². The van der Waals surface area contributed by atoms with E-state index in [9.17, 15) is 19.2 Å². The quantitative estimate of drug-likeness (QED) is 0.713. The van der Waals surface area contributed by atoms with E-state index in [2.05, 4.69) is 0 Å². The number of nitrogens with zero attached hydrogens (tertiary/aromatic N) is 3. The Bertz CT molecular complexity index is 724. The maximum atomic E-state index is 12.7. The molecule has 8 nitrogen and oxygen atoms in total. The Labute approximate surface area is 151 Å². The van der Waals surface area contributed by atoms with Gasteiger partial charge < -0.3 is 14.5 Å². The molecule has 2 aliphatic rings. The van der Waals surface area contributed by atoms with Crippen LogP contribution in [0.3, 0.4) is 0 Å². The zero-order valence-electron chi connectivity index (χ0n) is 14.6. The summed E-state index contributed by atoms with van der Waals surface area (Å²) in [6, 6.07) is 7.02. The van der Waals surface area contributed by atoms with E-state index < -0.39 is 0 Å². The molecule has 2 heterocycles. The van der Waals surface area contributed by atoms with Crippen LogP contribution in [0.15, 0.2) is 24.3 Å². The van der Waals surface area contributed by atoms with Crippen molar-refractivity contribution in [3.8, 4) is 5.75 Å². The van der Waals surface area contributed by atoms with Gasteiger partial charge in [0.15, 0.2) is 0 Å². The lowest BCUT2D eigenvalue weighted by Crippen LogP contribution is -2.53. The Hall–Kier alpha value is -2.90. The van der Waals surface area contributed by atoms with Gasteiger partial charge in [-0.3, -0.25) is 24.1 Å². The molecule has 2 fully saturated rings. The third kappa shape index (κ3) is 3.54. The number of methoxy groups -OCH3 is 1. The number of hydrogen-bond donors (Lipinski definition) is 0. The van der Waals surface area contributed by atoms with Crippen LogP contribution in [0.25, 0.3) is 0 Å². The zero-order valence-corrected chi connectivity index (χ0v) is 14.6. The fourth-order valence-corrected chi connectivity index (χ4v) is 3.19. The molecule has 138 valence electrons. The van der Waals surface area contributed by atoms with Gasteiger partial charge in [-0.1, -0.05) is 12.1 Å². The van der Waals surface area contributed by atoms with Crippen LogP contribution in [-0.4, -0.2) is 78.2 Å². The minimum Gasteiger partial charge on any atom is -0.496 e. The number of para-hydroxylation sites is 1. The SMILES string of the molecule is COc1ccccc1C(=O)N1CCN(C(=O)CN2C(=O)CCC2=O)CC1. The van der Waals surface area contributed by atoms with Crippen LogP contribution in [0, 0.1) is 0 Å². The Balaban J connectivity index is 1.57. The second-order valence-electron chi connectivity index (χ2n) is 6.25. The first-order chi connectivity index (χ1) is 12.5. The molecule has 1 aromatic rings. The molecule has 2 saturated heterocycles. The predicted octanol–water partition coefficient (Wildman–Crippen LogP) is 0.129. The largest absolute Gasteiger partial charge is 0.496 e. The first-order valence-electron chi connectivity index (χ1n) is 8.54. The van der Waals surface area contributed by atoms with Crippen molar-refractivity contribution in [1.29, 1.82) is 0 Å². The summed E-state index contributed by atoms with van der Waals surface area (Å²) in [7, 11) is 1.52. The first kappa shape index (κ1) is 17.9. The summed E-state index contributed by atoms with van der Waals surface area (Å²) in [5.74, 6) is -0.485. The van der Waals surface area contributed by atoms with E-state index in [1.165, 1.54) is 7.11 Å². The summed E-state index contributed by atoms with van der Waals surface area (Å²) in [4.78, 5) is 52.6. The molecule has 2 aliphatic heterocycles. The smallest absolute Gasteiger partial charge is 0.257 e. The normalized spacial score (nSPS) is 17.7. The van der Waals surface area contributed by atoms with Gasteiger partial charge in [0.25, 0.3) is 5.91 Å². The predicted molar refractivity (Wildman–Crippen MR) is 91.4 cm³/mol. The molecule has 8 heteroatoms. The number of piperazine rings is 1. The molecule has 0 saturated carbocycles. The number of benzene rings is 1. The minimum absolute atomic E-state index is 0.139. The second-order valence-corrected chi connectivity index (χ2v) is 6.25. The van der Waals surface area contributed by atoms with Crippen LogP contribution in [0.2, 0.25) is 0 Å². The fourth-order valence-electron chi connectivity index (χ4n) is 3.19. The van der Waals surface area contributed by atoms with Gasteiger partial charge in [0.1, 0.15) is 12.3 Å². The lowest BCUT2D eigenvalue weighted by Gasteiger charge is -2.35. The number of carbonyl (C=O) groups is 4. The molecule has 4 amide bonds. The van der Waals surface area contributed by atoms with Gasteiger partial charge >= 0.3 is 0 Å². The molecule has 0 aromatic heterocycles. The number of imide groups is 1. The first-order valence-corrected chi connectivity index (χ1v) is 8.54. The number of amides is 4. The van der Waals surface area contributed by atoms with Gasteiger partial charge in [-0.2, -0.15) is 0 Å². The average molecular weight is 359 g/mol. The van der Waals surface area contributed by atoms with Crippen LogP contribution in [0.5, 0.6) is 5.75 Å². The van der Waals surface area contributed by atoms with E-state index in [0.717, 1.165) is 4.90 Å². The van der Waals surface area contributed by atoms with Crippen LogP contribution < -0.4 is 4.74 Å². The number of likely N-dealkylation sites (tertiary alicyclic amines) is 1. The topological polar surface area (TPSA) is 87.2 Å². The fraction of sp³-hybridized carbons (Fsp3) is 0.444. The van der Waals surface area contributed by atoms with E-state index in [1.54, 1.807) is 34.1 Å². The molecule has 0 radical (unpaired) electrons. The van der Waals surface area contributed by atoms with Crippen LogP contribution >= 0.6 is 0 Å². The van der Waals surface area contributed by atoms with Crippen LogP contribution in [0.1, 0.15) is 23.2 Å². The van der Waals surface area contributed by atoms with Gasteiger partial charge in [-0.15, -0.1) is 0 Å². The highest BCUT2D eigenvalue weighted by Crippen LogP contribution is 2.20. The number of rotatable bonds is 4. The summed E-state index contributed by atoms with van der Waals surface area (Å²) < 4.78 is 5.23. The monoisotopic (exact) mass is 359 g/mol. The number of carbonyl (C=O) groups excluding carboxylic acids is 4. The highest BCUT2D eigenvalue weighted by atomic mass is 16.5. The maximum Gasteiger partial charge on any atom is 0.257 e. The Morgan fingerprint density at radius 1 is 0.962 bits per heavy atom. The number of hydrogen-bond acceptors (Lipinski definition) is 5. The summed E-state index contributed by atoms with van der Waals surface area (Å²) in [6.45, 7) is 1.32. The third-order valence-corrected chi connectivity index (χ3v) is 4.71. The third-order valence-electron chi connectivity index (χ3n) is 4.71. The van der Waals surface area contributed by atoms with Crippen molar-refractivity contribution in [2.75, 3.05) is 39.8 Å². The molecule has 3 rings (SSSR count). The molecule has 0 N–H and O–H groups in total. The van der Waals surface area contributed by atoms with Crippen molar-refractivity contribution in [1.82, 2.24) is 14.7 Å². The van der Waals surface area contributed by atoms with Gasteiger partial charge in [-0.25, -0.2) is 0 Å². The van der Waals surface area contributed by atoms with Crippen molar-refractivity contribution < 1.29 is 23.9 Å². The summed E-state index contributed by atoms with van der Waals surface area (Å²) in [6.07, 6.45) is 0.348. The summed E-state index contributed by atoms with van der Waals surface area (Å²) in [5.41, 5.74) is 0.489. The highest BCUT2D eigenvalue weighted by Gasteiger charge is 2.33. The molecule has 1 aromatic carbocycles. The minimum atomic E-state index is -0.298. The Kier molecular flexibility index (Phi) is 5.20. The molecular formula is C18H21N3O5. The van der Waals surface area contributed by atoms with E-state index in [-0.39, 0.29) is 43.0 Å². The van der Waals surface area contributed by atoms with Crippen molar-refractivity contribution in [3.05, 3.63) is 29.8 Å². The second kappa shape index (κ2) is 7.55. The molecule has 0 bridgehead atoms. The number of ether oxygens (including phenoxy) is 1. The van der Waals surface area contributed by atoms with Gasteiger partial charge in [-0.05, 0) is 12.1 Å². The Morgan fingerprint density at radius 2 is 1.54 bits per heavy atom. The molecule has 0 atom stereocenters. The van der Waals surface area contributed by atoms with Crippen LogP contribution in [0.4, 0.5) is 0 Å². The molecular weight excluding hydrogens is 338 g/mol. The Morgan fingerprint density at radius 3 is 2.15 bits per heavy atom. The highest BCUT2D eigenvalue weighted by molar-refractivity contribution is 6.04. The van der Waals surface area contributed by atoms with Crippen molar-refractivity contribution in [3.63, 3.8) is 0 Å². The molecule has 0 spiro atoms. The van der Waals surface area contributed by atoms with E-state index in [4.69, 9.17) is 4.74 Å². The zero-order chi connectivity index (χ0) is 18.7. The molecule has 0 unspecified atom stereocenters. The van der Waals surface area contributed by atoms with E-state index in [0.29, 0.717) is 37.5 Å². The van der Waals surface area contributed by atoms with Crippen molar-refractivity contribution in [2.24, 2.45) is 0 Å². The van der Waals surface area contributed by atoms with Crippen LogP contribution in [-0.2, 0) is 14.4 Å². The lowest BCUT2D eigenvalue weighted by molar-refractivity contribution is -0.146. The van der Waals surface area contributed by atoms with Crippen molar-refractivity contribution >= 4 is 23.6 Å². The molecule has 26 heavy (non-hydrogen) atoms. The summed E-state index contributed by atoms with van der Waals surface area (Å²) >= 11 is 0. The van der Waals surface area contributed by atoms with E-state index in [1.807, 2.05) is 0 Å². The molecule has 0 aliphatic carbocycles. The summed E-state index contributed by atoms with van der Waals surface area (Å²) in [5, 5.41) is 0.